The molecule has 0 unspecified atom stereocenters. The summed E-state index contributed by atoms with van der Waals surface area (Å²) in [5.41, 5.74) is 7.32. The Morgan fingerprint density at radius 1 is 1.44 bits per heavy atom. The van der Waals surface area contributed by atoms with E-state index in [0.29, 0.717) is 23.9 Å². The van der Waals surface area contributed by atoms with Gasteiger partial charge in [0.25, 0.3) is 0 Å². The Bertz CT molecular complexity index is 652. The van der Waals surface area contributed by atoms with E-state index in [1.165, 1.54) is 6.33 Å². The fraction of sp³-hybridized carbons (Fsp3) is 0.222. The number of nitrogens with zero attached hydrogens (tertiary/aromatic N) is 7. The molecule has 2 N–H and O–H groups in total. The number of anilines is 1. The lowest BCUT2D eigenvalue weighted by atomic mass is 10.3. The fourth-order valence-electron chi connectivity index (χ4n) is 1.70. The smallest absolute Gasteiger partial charge is 0.248 e. The molecular weight excluding hydrogens is 236 g/mol. The van der Waals surface area contributed by atoms with Gasteiger partial charge in [-0.15, -0.1) is 5.10 Å². The SMILES string of the molecule is Cn1nccc1-c1c(N)nnn1Cc1ncno1. The summed E-state index contributed by atoms with van der Waals surface area (Å²) < 4.78 is 8.23. The minimum atomic E-state index is 0.310. The topological polar surface area (TPSA) is 113 Å². The number of aromatic nitrogens is 7. The molecule has 0 saturated carbocycles. The predicted molar refractivity (Wildman–Crippen MR) is 60.0 cm³/mol. The van der Waals surface area contributed by atoms with Crippen molar-refractivity contribution in [2.45, 2.75) is 6.54 Å². The van der Waals surface area contributed by atoms with Crippen molar-refractivity contribution in [3.05, 3.63) is 24.5 Å². The van der Waals surface area contributed by atoms with E-state index in [1.807, 2.05) is 13.1 Å². The van der Waals surface area contributed by atoms with Gasteiger partial charge in [-0.1, -0.05) is 10.4 Å². The molecule has 0 aliphatic heterocycles. The van der Waals surface area contributed by atoms with E-state index < -0.39 is 0 Å². The summed E-state index contributed by atoms with van der Waals surface area (Å²) >= 11 is 0. The molecule has 9 nitrogen and oxygen atoms in total. The third-order valence-electron chi connectivity index (χ3n) is 2.52. The second kappa shape index (κ2) is 3.95. The first kappa shape index (κ1) is 10.4. The molecule has 0 bridgehead atoms. The number of nitrogens with two attached hydrogens (primary N) is 1. The van der Waals surface area contributed by atoms with Crippen molar-refractivity contribution in [1.29, 1.82) is 0 Å². The van der Waals surface area contributed by atoms with E-state index in [-0.39, 0.29) is 0 Å². The Morgan fingerprint density at radius 3 is 3.00 bits per heavy atom. The summed E-state index contributed by atoms with van der Waals surface area (Å²) in [5.74, 6) is 0.765. The lowest BCUT2D eigenvalue weighted by Gasteiger charge is -2.04. The zero-order valence-corrected chi connectivity index (χ0v) is 9.56. The molecule has 0 atom stereocenters. The molecule has 0 aromatic carbocycles. The van der Waals surface area contributed by atoms with Crippen molar-refractivity contribution in [3.63, 3.8) is 0 Å². The highest BCUT2D eigenvalue weighted by Gasteiger charge is 2.17. The van der Waals surface area contributed by atoms with Crippen LogP contribution in [-0.4, -0.2) is 34.9 Å². The Hall–Kier alpha value is -2.71. The van der Waals surface area contributed by atoms with Gasteiger partial charge in [-0.3, -0.25) is 4.68 Å². The molecule has 18 heavy (non-hydrogen) atoms. The molecule has 0 aliphatic rings. The third-order valence-corrected chi connectivity index (χ3v) is 2.52. The molecule has 0 spiro atoms. The van der Waals surface area contributed by atoms with Crippen LogP contribution in [0.4, 0.5) is 5.82 Å². The van der Waals surface area contributed by atoms with Crippen LogP contribution in [0.2, 0.25) is 0 Å². The quantitative estimate of drug-likeness (QED) is 0.674. The van der Waals surface area contributed by atoms with Crippen LogP contribution < -0.4 is 5.73 Å². The largest absolute Gasteiger partial charge is 0.380 e. The highest BCUT2D eigenvalue weighted by atomic mass is 16.5. The molecular formula is C9H10N8O. The molecule has 0 aliphatic carbocycles. The van der Waals surface area contributed by atoms with Gasteiger partial charge in [0, 0.05) is 13.2 Å². The van der Waals surface area contributed by atoms with E-state index in [2.05, 4.69) is 25.6 Å². The van der Waals surface area contributed by atoms with E-state index in [1.54, 1.807) is 15.6 Å². The maximum absolute atomic E-state index is 5.83. The first-order chi connectivity index (χ1) is 8.75. The van der Waals surface area contributed by atoms with Gasteiger partial charge in [0.1, 0.15) is 12.2 Å². The van der Waals surface area contributed by atoms with Gasteiger partial charge < -0.3 is 10.3 Å². The first-order valence-electron chi connectivity index (χ1n) is 5.18. The number of rotatable bonds is 3. The van der Waals surface area contributed by atoms with Crippen LogP contribution in [0.25, 0.3) is 11.4 Å². The zero-order chi connectivity index (χ0) is 12.5. The summed E-state index contributed by atoms with van der Waals surface area (Å²) in [6, 6.07) is 1.83. The van der Waals surface area contributed by atoms with Gasteiger partial charge in [-0.25, -0.2) is 4.68 Å². The van der Waals surface area contributed by atoms with Crippen LogP contribution in [0.3, 0.4) is 0 Å². The molecule has 0 fully saturated rings. The van der Waals surface area contributed by atoms with E-state index in [9.17, 15) is 0 Å². The van der Waals surface area contributed by atoms with E-state index in [4.69, 9.17) is 10.3 Å². The number of nitrogen functional groups attached to an aromatic ring is 1. The molecule has 0 radical (unpaired) electrons. The summed E-state index contributed by atoms with van der Waals surface area (Å²) in [6.45, 7) is 0.310. The molecule has 92 valence electrons. The summed E-state index contributed by atoms with van der Waals surface area (Å²) in [7, 11) is 1.82. The normalized spacial score (nSPS) is 10.9. The van der Waals surface area contributed by atoms with E-state index in [0.717, 1.165) is 5.69 Å². The number of hydrogen-bond acceptors (Lipinski definition) is 7. The fourth-order valence-corrected chi connectivity index (χ4v) is 1.70. The molecule has 0 saturated heterocycles. The monoisotopic (exact) mass is 246 g/mol. The van der Waals surface area contributed by atoms with Gasteiger partial charge in [0.2, 0.25) is 5.89 Å². The van der Waals surface area contributed by atoms with Crippen LogP contribution >= 0.6 is 0 Å². The third kappa shape index (κ3) is 1.61. The van der Waals surface area contributed by atoms with Crippen molar-refractivity contribution in [2.75, 3.05) is 5.73 Å². The Balaban J connectivity index is 2.04. The predicted octanol–water partition coefficient (Wildman–Crippen LogP) is -0.308. The van der Waals surface area contributed by atoms with Crippen molar-refractivity contribution in [2.24, 2.45) is 7.05 Å². The highest BCUT2D eigenvalue weighted by molar-refractivity contribution is 5.66. The zero-order valence-electron chi connectivity index (χ0n) is 9.56. The van der Waals surface area contributed by atoms with Crippen molar-refractivity contribution in [3.8, 4) is 11.4 Å². The number of hydrogen-bond donors (Lipinski definition) is 1. The Morgan fingerprint density at radius 2 is 2.33 bits per heavy atom. The van der Waals surface area contributed by atoms with Crippen LogP contribution in [-0.2, 0) is 13.6 Å². The lowest BCUT2D eigenvalue weighted by molar-refractivity contribution is 0.364. The molecule has 9 heteroatoms. The van der Waals surface area contributed by atoms with Gasteiger partial charge in [0.15, 0.2) is 12.1 Å². The second-order valence-corrected chi connectivity index (χ2v) is 3.66. The molecule has 3 rings (SSSR count). The second-order valence-electron chi connectivity index (χ2n) is 3.66. The maximum Gasteiger partial charge on any atom is 0.248 e. The van der Waals surface area contributed by atoms with Gasteiger partial charge in [-0.2, -0.15) is 10.1 Å². The van der Waals surface area contributed by atoms with Crippen LogP contribution in [0.5, 0.6) is 0 Å². The van der Waals surface area contributed by atoms with Gasteiger partial charge in [-0.05, 0) is 6.07 Å². The van der Waals surface area contributed by atoms with Crippen molar-refractivity contribution >= 4 is 5.82 Å². The highest BCUT2D eigenvalue weighted by Crippen LogP contribution is 2.23. The molecule has 0 amide bonds. The molecule has 3 aromatic rings. The standard InChI is InChI=1S/C9H10N8O/c1-16-6(2-3-12-16)8-9(10)14-15-17(8)4-7-11-5-13-18-7/h2-3,5H,4,10H2,1H3. The average molecular weight is 246 g/mol. The van der Waals surface area contributed by atoms with Crippen LogP contribution in [0.15, 0.2) is 23.1 Å². The van der Waals surface area contributed by atoms with Crippen molar-refractivity contribution in [1.82, 2.24) is 34.9 Å². The summed E-state index contributed by atoms with van der Waals surface area (Å²) in [5, 5.41) is 15.4. The Labute approximate surface area is 101 Å². The summed E-state index contributed by atoms with van der Waals surface area (Å²) in [6.07, 6.45) is 3.01. The Kier molecular flexibility index (Phi) is 2.29. The maximum atomic E-state index is 5.83. The minimum absolute atomic E-state index is 0.310. The number of aryl methyl sites for hydroxylation is 1. The van der Waals surface area contributed by atoms with E-state index >= 15 is 0 Å². The average Bonchev–Trinajstić information content (AvgIpc) is 3.04. The first-order valence-corrected chi connectivity index (χ1v) is 5.18. The van der Waals surface area contributed by atoms with Gasteiger partial charge >= 0.3 is 0 Å². The lowest BCUT2D eigenvalue weighted by Crippen LogP contribution is -2.07. The van der Waals surface area contributed by atoms with Crippen LogP contribution in [0, 0.1) is 0 Å². The summed E-state index contributed by atoms with van der Waals surface area (Å²) in [4.78, 5) is 3.94. The molecule has 3 heterocycles. The van der Waals surface area contributed by atoms with Crippen LogP contribution in [0.1, 0.15) is 5.89 Å². The molecule has 3 aromatic heterocycles. The van der Waals surface area contributed by atoms with Gasteiger partial charge in [0.05, 0.1) is 5.69 Å². The minimum Gasteiger partial charge on any atom is -0.380 e. The van der Waals surface area contributed by atoms with Crippen molar-refractivity contribution < 1.29 is 4.52 Å².